The van der Waals surface area contributed by atoms with Crippen LogP contribution in [0.5, 0.6) is 0 Å². The van der Waals surface area contributed by atoms with Crippen LogP contribution in [-0.2, 0) is 0 Å². The molecule has 112 valence electrons. The predicted molar refractivity (Wildman–Crippen MR) is 78.1 cm³/mol. The highest BCUT2D eigenvalue weighted by atomic mass is 35.5. The van der Waals surface area contributed by atoms with Crippen molar-refractivity contribution in [3.63, 3.8) is 0 Å². The van der Waals surface area contributed by atoms with Gasteiger partial charge in [-0.3, -0.25) is 4.90 Å². The summed E-state index contributed by atoms with van der Waals surface area (Å²) >= 11 is 0. The van der Waals surface area contributed by atoms with Gasteiger partial charge in [0.2, 0.25) is 0 Å². The Morgan fingerprint density at radius 2 is 2.10 bits per heavy atom. The van der Waals surface area contributed by atoms with Crippen LogP contribution in [0.1, 0.15) is 31.4 Å². The van der Waals surface area contributed by atoms with Gasteiger partial charge in [0.1, 0.15) is 11.6 Å². The average Bonchev–Trinajstić information content (AvgIpc) is 3.00. The normalized spacial score (nSPS) is 27.8. The van der Waals surface area contributed by atoms with E-state index in [1.807, 2.05) is 6.92 Å². The summed E-state index contributed by atoms with van der Waals surface area (Å²) in [6, 6.07) is 3.92. The maximum absolute atomic E-state index is 13.8. The van der Waals surface area contributed by atoms with Crippen LogP contribution in [0.3, 0.4) is 0 Å². The Kier molecular flexibility index (Phi) is 4.67. The van der Waals surface area contributed by atoms with E-state index in [9.17, 15) is 8.78 Å². The van der Waals surface area contributed by atoms with E-state index in [-0.39, 0.29) is 18.4 Å². The van der Waals surface area contributed by atoms with E-state index < -0.39 is 11.6 Å². The van der Waals surface area contributed by atoms with E-state index in [2.05, 4.69) is 10.2 Å². The van der Waals surface area contributed by atoms with Gasteiger partial charge in [-0.05, 0) is 44.3 Å². The quantitative estimate of drug-likeness (QED) is 0.903. The summed E-state index contributed by atoms with van der Waals surface area (Å²) in [5, 5.41) is 3.42. The zero-order valence-electron chi connectivity index (χ0n) is 11.7. The molecule has 0 aromatic heterocycles. The van der Waals surface area contributed by atoms with Crippen molar-refractivity contribution in [2.45, 2.75) is 25.8 Å². The summed E-state index contributed by atoms with van der Waals surface area (Å²) in [7, 11) is 0. The molecule has 2 nitrogen and oxygen atoms in total. The molecule has 2 heterocycles. The highest BCUT2D eigenvalue weighted by Gasteiger charge is 2.41. The Morgan fingerprint density at radius 1 is 1.30 bits per heavy atom. The number of likely N-dealkylation sites (tertiary alicyclic amines) is 1. The molecule has 1 N–H and O–H groups in total. The molecule has 0 radical (unpaired) electrons. The van der Waals surface area contributed by atoms with Crippen LogP contribution < -0.4 is 5.32 Å². The monoisotopic (exact) mass is 302 g/mol. The van der Waals surface area contributed by atoms with E-state index in [0.717, 1.165) is 32.2 Å². The fourth-order valence-corrected chi connectivity index (χ4v) is 3.48. The number of nitrogens with zero attached hydrogens (tertiary/aromatic N) is 1. The summed E-state index contributed by atoms with van der Waals surface area (Å²) in [5.41, 5.74) is 0.981. The smallest absolute Gasteiger partial charge is 0.130 e. The van der Waals surface area contributed by atoms with E-state index in [4.69, 9.17) is 0 Å². The van der Waals surface area contributed by atoms with E-state index in [1.165, 1.54) is 18.9 Å². The van der Waals surface area contributed by atoms with Crippen molar-refractivity contribution >= 4 is 12.4 Å². The maximum atomic E-state index is 13.8. The van der Waals surface area contributed by atoms with Crippen molar-refractivity contribution in [3.05, 3.63) is 35.4 Å². The third-order valence-electron chi connectivity index (χ3n) is 4.76. The van der Waals surface area contributed by atoms with Crippen molar-refractivity contribution in [3.8, 4) is 0 Å². The van der Waals surface area contributed by atoms with Gasteiger partial charge in [0.15, 0.2) is 0 Å². The summed E-state index contributed by atoms with van der Waals surface area (Å²) in [4.78, 5) is 2.32. The summed E-state index contributed by atoms with van der Waals surface area (Å²) < 4.78 is 26.8. The van der Waals surface area contributed by atoms with E-state index in [0.29, 0.717) is 11.0 Å². The first-order chi connectivity index (χ1) is 9.10. The Hall–Kier alpha value is -0.710. The van der Waals surface area contributed by atoms with Gasteiger partial charge in [0, 0.05) is 30.8 Å². The molecule has 2 aliphatic heterocycles. The van der Waals surface area contributed by atoms with Crippen LogP contribution in [-0.4, -0.2) is 31.1 Å². The molecule has 5 heteroatoms. The number of rotatable bonds is 2. The highest BCUT2D eigenvalue weighted by Crippen LogP contribution is 2.39. The molecule has 0 aliphatic carbocycles. The molecule has 20 heavy (non-hydrogen) atoms. The summed E-state index contributed by atoms with van der Waals surface area (Å²) in [5.74, 6) is -0.940. The second-order valence-electron chi connectivity index (χ2n) is 5.99. The standard InChI is InChI=1S/C15H20F2N2.ClH/c1-11(13-3-2-12(16)8-14(13)17)19-7-5-15(10-19)4-6-18-9-15;/h2-3,8,11,18H,4-7,9-10H2,1H3;1H. The van der Waals surface area contributed by atoms with Crippen molar-refractivity contribution in [1.29, 1.82) is 0 Å². The fraction of sp³-hybridized carbons (Fsp3) is 0.600. The third-order valence-corrected chi connectivity index (χ3v) is 4.76. The van der Waals surface area contributed by atoms with Crippen molar-refractivity contribution < 1.29 is 8.78 Å². The first kappa shape index (κ1) is 15.7. The molecule has 2 unspecified atom stereocenters. The Labute approximate surface area is 124 Å². The molecule has 1 aromatic rings. The number of nitrogens with one attached hydrogen (secondary N) is 1. The van der Waals surface area contributed by atoms with Gasteiger partial charge in [-0.2, -0.15) is 0 Å². The van der Waals surface area contributed by atoms with Crippen LogP contribution in [0.15, 0.2) is 18.2 Å². The number of hydrogen-bond acceptors (Lipinski definition) is 2. The van der Waals surface area contributed by atoms with E-state index >= 15 is 0 Å². The van der Waals surface area contributed by atoms with Gasteiger partial charge in [-0.15, -0.1) is 12.4 Å². The number of benzene rings is 1. The lowest BCUT2D eigenvalue weighted by molar-refractivity contribution is 0.220. The lowest BCUT2D eigenvalue weighted by atomic mass is 9.86. The Bertz CT molecular complexity index is 475. The number of halogens is 3. The average molecular weight is 303 g/mol. The first-order valence-electron chi connectivity index (χ1n) is 6.99. The zero-order chi connectivity index (χ0) is 13.5. The van der Waals surface area contributed by atoms with Gasteiger partial charge in [0.25, 0.3) is 0 Å². The maximum Gasteiger partial charge on any atom is 0.130 e. The predicted octanol–water partition coefficient (Wildman–Crippen LogP) is 3.13. The summed E-state index contributed by atoms with van der Waals surface area (Å²) in [6.45, 7) is 6.19. The number of hydrogen-bond donors (Lipinski definition) is 1. The van der Waals surface area contributed by atoms with Gasteiger partial charge in [-0.1, -0.05) is 6.07 Å². The van der Waals surface area contributed by atoms with Gasteiger partial charge >= 0.3 is 0 Å². The molecule has 0 amide bonds. The molecule has 1 aromatic carbocycles. The van der Waals surface area contributed by atoms with Crippen molar-refractivity contribution in [1.82, 2.24) is 10.2 Å². The molecule has 1 spiro atoms. The first-order valence-corrected chi connectivity index (χ1v) is 6.99. The second-order valence-corrected chi connectivity index (χ2v) is 5.99. The molecule has 3 rings (SSSR count). The fourth-order valence-electron chi connectivity index (χ4n) is 3.48. The van der Waals surface area contributed by atoms with Crippen LogP contribution in [0.25, 0.3) is 0 Å². The topological polar surface area (TPSA) is 15.3 Å². The van der Waals surface area contributed by atoms with Crippen LogP contribution in [0.2, 0.25) is 0 Å². The molecule has 2 aliphatic rings. The lowest BCUT2D eigenvalue weighted by Gasteiger charge is -2.28. The highest BCUT2D eigenvalue weighted by molar-refractivity contribution is 5.85. The minimum absolute atomic E-state index is 0. The largest absolute Gasteiger partial charge is 0.316 e. The minimum atomic E-state index is -0.508. The summed E-state index contributed by atoms with van der Waals surface area (Å²) in [6.07, 6.45) is 2.38. The van der Waals surface area contributed by atoms with Crippen molar-refractivity contribution in [2.75, 3.05) is 26.2 Å². The Balaban J connectivity index is 0.00000147. The second kappa shape index (κ2) is 5.96. The van der Waals surface area contributed by atoms with E-state index in [1.54, 1.807) is 6.07 Å². The molecular formula is C15H21ClF2N2. The Morgan fingerprint density at radius 3 is 2.75 bits per heavy atom. The van der Waals surface area contributed by atoms with Crippen LogP contribution >= 0.6 is 12.4 Å². The molecule has 2 atom stereocenters. The van der Waals surface area contributed by atoms with Crippen LogP contribution in [0, 0.1) is 17.0 Å². The van der Waals surface area contributed by atoms with Gasteiger partial charge in [0.05, 0.1) is 0 Å². The molecule has 2 fully saturated rings. The molecule has 0 bridgehead atoms. The lowest BCUT2D eigenvalue weighted by Crippen LogP contribution is -2.31. The molecular weight excluding hydrogens is 282 g/mol. The molecule has 2 saturated heterocycles. The third kappa shape index (κ3) is 2.83. The minimum Gasteiger partial charge on any atom is -0.316 e. The van der Waals surface area contributed by atoms with Crippen molar-refractivity contribution in [2.24, 2.45) is 5.41 Å². The SMILES string of the molecule is CC(c1ccc(F)cc1F)N1CCC2(CCNC2)C1.Cl. The molecule has 0 saturated carbocycles. The van der Waals surface area contributed by atoms with Gasteiger partial charge < -0.3 is 5.32 Å². The van der Waals surface area contributed by atoms with Gasteiger partial charge in [-0.25, -0.2) is 8.78 Å². The van der Waals surface area contributed by atoms with Crippen LogP contribution in [0.4, 0.5) is 8.78 Å². The zero-order valence-corrected chi connectivity index (χ0v) is 12.5.